The highest BCUT2D eigenvalue weighted by molar-refractivity contribution is 5.82. The highest BCUT2D eigenvalue weighted by atomic mass is 16.2. The first kappa shape index (κ1) is 9.86. The van der Waals surface area contributed by atoms with Crippen LogP contribution in [0.1, 0.15) is 20.8 Å². The molecular weight excluding hydrogens is 168 g/mol. The van der Waals surface area contributed by atoms with E-state index in [1.807, 2.05) is 20.8 Å². The molecule has 72 valence electrons. The first-order valence-corrected chi connectivity index (χ1v) is 4.28. The van der Waals surface area contributed by atoms with E-state index in [4.69, 9.17) is 5.53 Å². The third kappa shape index (κ3) is 2.12. The largest absolute Gasteiger partial charge is 0.341 e. The van der Waals surface area contributed by atoms with E-state index >= 15 is 0 Å². The number of amides is 1. The fraction of sp³-hybridized carbons (Fsp3) is 0.875. The van der Waals surface area contributed by atoms with Gasteiger partial charge in [0.05, 0.1) is 6.04 Å². The van der Waals surface area contributed by atoms with E-state index in [0.717, 1.165) is 0 Å². The standard InChI is InChI=1S/C8H14N4O/c1-8(2,3)7(13)12-4-6(5-12)10-11-9/h6H,4-5H2,1-3H3. The van der Waals surface area contributed by atoms with E-state index in [1.165, 1.54) is 0 Å². The van der Waals surface area contributed by atoms with Crippen LogP contribution in [0.15, 0.2) is 5.11 Å². The first-order valence-electron chi connectivity index (χ1n) is 4.28. The lowest BCUT2D eigenvalue weighted by molar-refractivity contribution is -0.143. The normalized spacial score (nSPS) is 17.6. The highest BCUT2D eigenvalue weighted by Gasteiger charge is 2.35. The second kappa shape index (κ2) is 3.26. The van der Waals surface area contributed by atoms with Crippen LogP contribution < -0.4 is 0 Å². The van der Waals surface area contributed by atoms with Crippen LogP contribution in [-0.4, -0.2) is 29.9 Å². The van der Waals surface area contributed by atoms with Gasteiger partial charge in [-0.15, -0.1) is 0 Å². The number of hydrogen-bond donors (Lipinski definition) is 0. The van der Waals surface area contributed by atoms with E-state index in [9.17, 15) is 4.79 Å². The van der Waals surface area contributed by atoms with Crippen molar-refractivity contribution in [1.29, 1.82) is 0 Å². The predicted octanol–water partition coefficient (Wildman–Crippen LogP) is 1.55. The molecule has 1 heterocycles. The molecule has 0 bridgehead atoms. The molecule has 1 amide bonds. The number of rotatable bonds is 1. The zero-order valence-corrected chi connectivity index (χ0v) is 8.19. The van der Waals surface area contributed by atoms with Crippen molar-refractivity contribution in [3.63, 3.8) is 0 Å². The zero-order chi connectivity index (χ0) is 10.1. The van der Waals surface area contributed by atoms with Crippen molar-refractivity contribution in [3.05, 3.63) is 10.4 Å². The molecule has 1 aliphatic rings. The first-order chi connectivity index (χ1) is 5.95. The zero-order valence-electron chi connectivity index (χ0n) is 8.19. The summed E-state index contributed by atoms with van der Waals surface area (Å²) in [6.45, 7) is 6.79. The Morgan fingerprint density at radius 3 is 2.46 bits per heavy atom. The molecule has 0 saturated carbocycles. The molecule has 0 radical (unpaired) electrons. The molecule has 0 atom stereocenters. The van der Waals surface area contributed by atoms with Gasteiger partial charge in [-0.3, -0.25) is 4.79 Å². The number of azide groups is 1. The molecule has 0 aromatic rings. The molecule has 1 fully saturated rings. The Hall–Kier alpha value is -1.22. The maximum absolute atomic E-state index is 11.6. The average Bonchev–Trinajstić information content (AvgIpc) is 1.92. The Balaban J connectivity index is 2.44. The van der Waals surface area contributed by atoms with Crippen LogP contribution in [0.25, 0.3) is 10.4 Å². The smallest absolute Gasteiger partial charge is 0.227 e. The Kier molecular flexibility index (Phi) is 2.48. The fourth-order valence-corrected chi connectivity index (χ4v) is 1.24. The van der Waals surface area contributed by atoms with Crippen LogP contribution in [0.3, 0.4) is 0 Å². The summed E-state index contributed by atoms with van der Waals surface area (Å²) in [5, 5.41) is 3.53. The van der Waals surface area contributed by atoms with Gasteiger partial charge < -0.3 is 4.90 Å². The summed E-state index contributed by atoms with van der Waals surface area (Å²) in [6.07, 6.45) is 0. The third-order valence-corrected chi connectivity index (χ3v) is 2.01. The summed E-state index contributed by atoms with van der Waals surface area (Å²) < 4.78 is 0. The monoisotopic (exact) mass is 182 g/mol. The minimum Gasteiger partial charge on any atom is -0.341 e. The molecule has 5 nitrogen and oxygen atoms in total. The van der Waals surface area contributed by atoms with Crippen LogP contribution in [0.2, 0.25) is 0 Å². The van der Waals surface area contributed by atoms with Gasteiger partial charge in [-0.1, -0.05) is 25.9 Å². The van der Waals surface area contributed by atoms with Crippen molar-refractivity contribution in [3.8, 4) is 0 Å². The van der Waals surface area contributed by atoms with Crippen molar-refractivity contribution >= 4 is 5.91 Å². The lowest BCUT2D eigenvalue weighted by Crippen LogP contribution is -2.55. The van der Waals surface area contributed by atoms with Crippen molar-refractivity contribution in [1.82, 2.24) is 4.90 Å². The second-order valence-corrected chi connectivity index (χ2v) is 4.32. The number of likely N-dealkylation sites (tertiary alicyclic amines) is 1. The van der Waals surface area contributed by atoms with E-state index in [0.29, 0.717) is 13.1 Å². The molecule has 1 rings (SSSR count). The van der Waals surface area contributed by atoms with Gasteiger partial charge >= 0.3 is 0 Å². The quantitative estimate of drug-likeness (QED) is 0.344. The summed E-state index contributed by atoms with van der Waals surface area (Å²) in [4.78, 5) is 16.0. The Labute approximate surface area is 77.3 Å². The van der Waals surface area contributed by atoms with Crippen molar-refractivity contribution in [2.24, 2.45) is 10.5 Å². The van der Waals surface area contributed by atoms with Gasteiger partial charge in [0, 0.05) is 23.4 Å². The van der Waals surface area contributed by atoms with Crippen LogP contribution in [0.4, 0.5) is 0 Å². The van der Waals surface area contributed by atoms with Crippen molar-refractivity contribution in [2.75, 3.05) is 13.1 Å². The molecule has 0 spiro atoms. The van der Waals surface area contributed by atoms with E-state index < -0.39 is 0 Å². The number of hydrogen-bond acceptors (Lipinski definition) is 2. The number of carbonyl (C=O) groups is 1. The van der Waals surface area contributed by atoms with Gasteiger partial charge in [0.2, 0.25) is 5.91 Å². The average molecular weight is 182 g/mol. The predicted molar refractivity (Wildman–Crippen MR) is 49.0 cm³/mol. The molecular formula is C8H14N4O. The molecule has 13 heavy (non-hydrogen) atoms. The van der Waals surface area contributed by atoms with Gasteiger partial charge in [-0.05, 0) is 5.53 Å². The van der Waals surface area contributed by atoms with Gasteiger partial charge in [0.15, 0.2) is 0 Å². The summed E-state index contributed by atoms with van der Waals surface area (Å²) in [6, 6.07) is -0.0173. The van der Waals surface area contributed by atoms with E-state index in [-0.39, 0.29) is 17.4 Å². The minimum atomic E-state index is -0.332. The topological polar surface area (TPSA) is 69.1 Å². The summed E-state index contributed by atoms with van der Waals surface area (Å²) in [5.74, 6) is 0.122. The summed E-state index contributed by atoms with van der Waals surface area (Å²) in [5.41, 5.74) is 7.81. The van der Waals surface area contributed by atoms with E-state index in [2.05, 4.69) is 10.0 Å². The molecule has 0 N–H and O–H groups in total. The van der Waals surface area contributed by atoms with Crippen LogP contribution in [-0.2, 0) is 4.79 Å². The maximum atomic E-state index is 11.6. The minimum absolute atomic E-state index is 0.0173. The molecule has 1 aliphatic heterocycles. The van der Waals surface area contributed by atoms with Crippen LogP contribution in [0, 0.1) is 5.41 Å². The lowest BCUT2D eigenvalue weighted by atomic mass is 9.92. The SMILES string of the molecule is CC(C)(C)C(=O)N1CC(N=[N+]=[N-])C1. The van der Waals surface area contributed by atoms with Gasteiger partial charge in [0.25, 0.3) is 0 Å². The lowest BCUT2D eigenvalue weighted by Gasteiger charge is -2.40. The maximum Gasteiger partial charge on any atom is 0.227 e. The van der Waals surface area contributed by atoms with Gasteiger partial charge in [-0.2, -0.15) is 0 Å². The molecule has 0 aromatic carbocycles. The molecule has 1 saturated heterocycles. The summed E-state index contributed by atoms with van der Waals surface area (Å²) in [7, 11) is 0. The highest BCUT2D eigenvalue weighted by Crippen LogP contribution is 2.22. The molecule has 0 unspecified atom stereocenters. The summed E-state index contributed by atoms with van der Waals surface area (Å²) >= 11 is 0. The van der Waals surface area contributed by atoms with Crippen molar-refractivity contribution < 1.29 is 4.79 Å². The van der Waals surface area contributed by atoms with Gasteiger partial charge in [0.1, 0.15) is 0 Å². The number of nitrogens with zero attached hydrogens (tertiary/aromatic N) is 4. The van der Waals surface area contributed by atoms with Crippen molar-refractivity contribution in [2.45, 2.75) is 26.8 Å². The second-order valence-electron chi connectivity index (χ2n) is 4.32. The number of carbonyl (C=O) groups excluding carboxylic acids is 1. The van der Waals surface area contributed by atoms with Gasteiger partial charge in [-0.25, -0.2) is 0 Å². The van der Waals surface area contributed by atoms with E-state index in [1.54, 1.807) is 4.90 Å². The molecule has 0 aromatic heterocycles. The Morgan fingerprint density at radius 1 is 1.54 bits per heavy atom. The van der Waals surface area contributed by atoms with Crippen LogP contribution in [0.5, 0.6) is 0 Å². The Bertz CT molecular complexity index is 256. The third-order valence-electron chi connectivity index (χ3n) is 2.01. The molecule has 5 heteroatoms. The van der Waals surface area contributed by atoms with Crippen LogP contribution >= 0.6 is 0 Å². The fourth-order valence-electron chi connectivity index (χ4n) is 1.24. The molecule has 0 aliphatic carbocycles. The Morgan fingerprint density at radius 2 is 2.08 bits per heavy atom.